The van der Waals surface area contributed by atoms with Crippen LogP contribution in [0, 0.1) is 17.2 Å². The lowest BCUT2D eigenvalue weighted by Gasteiger charge is -2.23. The van der Waals surface area contributed by atoms with Gasteiger partial charge in [0, 0.05) is 18.7 Å². The number of rotatable bonds is 6. The third-order valence-corrected chi connectivity index (χ3v) is 2.72. The lowest BCUT2D eigenvalue weighted by molar-refractivity contribution is -0.136. The van der Waals surface area contributed by atoms with E-state index in [2.05, 4.69) is 0 Å². The molecule has 1 N–H and O–H groups in total. The van der Waals surface area contributed by atoms with Crippen LogP contribution in [0.15, 0.2) is 24.3 Å². The molecule has 1 amide bonds. The van der Waals surface area contributed by atoms with Crippen LogP contribution >= 0.6 is 0 Å². The molecule has 20 heavy (non-hydrogen) atoms. The number of amides is 1. The number of aliphatic carboxylic acids is 1. The standard InChI is InChI=1S/C15H18N2O3/c1-11(2)8-14(18)17(7-6-15(19)20)13-5-3-4-12(9-13)10-16/h3-5,9,11H,6-8H2,1-2H3,(H,19,20). The first kappa shape index (κ1) is 15.7. The van der Waals surface area contributed by atoms with Crippen molar-refractivity contribution in [3.63, 3.8) is 0 Å². The van der Waals surface area contributed by atoms with E-state index < -0.39 is 5.97 Å². The van der Waals surface area contributed by atoms with E-state index >= 15 is 0 Å². The summed E-state index contributed by atoms with van der Waals surface area (Å²) in [5, 5.41) is 17.7. The van der Waals surface area contributed by atoms with E-state index in [0.29, 0.717) is 17.7 Å². The lowest BCUT2D eigenvalue weighted by Crippen LogP contribution is -2.33. The van der Waals surface area contributed by atoms with Crippen LogP contribution in [0.3, 0.4) is 0 Å². The minimum atomic E-state index is -0.955. The number of anilines is 1. The molecule has 0 aliphatic rings. The Bertz CT molecular complexity index is 532. The Kier molecular flexibility index (Phi) is 5.73. The zero-order chi connectivity index (χ0) is 15.1. The third-order valence-electron chi connectivity index (χ3n) is 2.72. The van der Waals surface area contributed by atoms with Crippen LogP contribution in [0.1, 0.15) is 32.3 Å². The second kappa shape index (κ2) is 7.29. The van der Waals surface area contributed by atoms with Crippen molar-refractivity contribution in [3.05, 3.63) is 29.8 Å². The average Bonchev–Trinajstić information content (AvgIpc) is 2.38. The summed E-state index contributed by atoms with van der Waals surface area (Å²) in [5.41, 5.74) is 1.01. The fourth-order valence-corrected chi connectivity index (χ4v) is 1.81. The summed E-state index contributed by atoms with van der Waals surface area (Å²) >= 11 is 0. The van der Waals surface area contributed by atoms with Gasteiger partial charge in [0.1, 0.15) is 0 Å². The predicted octanol–water partition coefficient (Wildman–Crippen LogP) is 2.41. The minimum absolute atomic E-state index is 0.107. The Morgan fingerprint density at radius 2 is 2.10 bits per heavy atom. The van der Waals surface area contributed by atoms with Gasteiger partial charge in [-0.05, 0) is 24.1 Å². The topological polar surface area (TPSA) is 81.4 Å². The number of hydrogen-bond acceptors (Lipinski definition) is 3. The lowest BCUT2D eigenvalue weighted by atomic mass is 10.1. The third kappa shape index (κ3) is 4.73. The first-order valence-corrected chi connectivity index (χ1v) is 6.46. The van der Waals surface area contributed by atoms with Gasteiger partial charge < -0.3 is 10.0 Å². The van der Waals surface area contributed by atoms with Gasteiger partial charge in [-0.1, -0.05) is 19.9 Å². The van der Waals surface area contributed by atoms with Crippen molar-refractivity contribution in [2.24, 2.45) is 5.92 Å². The summed E-state index contributed by atoms with van der Waals surface area (Å²) in [4.78, 5) is 24.4. The first-order valence-electron chi connectivity index (χ1n) is 6.46. The molecule has 0 bridgehead atoms. The molecule has 0 aliphatic heterocycles. The number of nitrogens with zero attached hydrogens (tertiary/aromatic N) is 2. The normalized spacial score (nSPS) is 10.1. The van der Waals surface area contributed by atoms with Crippen LogP contribution in [-0.4, -0.2) is 23.5 Å². The summed E-state index contributed by atoms with van der Waals surface area (Å²) in [6.45, 7) is 3.97. The monoisotopic (exact) mass is 274 g/mol. The molecule has 5 heteroatoms. The molecule has 0 spiro atoms. The molecule has 1 rings (SSSR count). The Labute approximate surface area is 118 Å². The van der Waals surface area contributed by atoms with E-state index in [4.69, 9.17) is 10.4 Å². The molecule has 0 atom stereocenters. The smallest absolute Gasteiger partial charge is 0.305 e. The molecule has 0 aliphatic carbocycles. The summed E-state index contributed by atoms with van der Waals surface area (Å²) in [6, 6.07) is 8.65. The molecule has 1 aromatic rings. The molecule has 5 nitrogen and oxygen atoms in total. The molecule has 1 aromatic carbocycles. The fourth-order valence-electron chi connectivity index (χ4n) is 1.81. The molecule has 0 saturated carbocycles. The summed E-state index contributed by atoms with van der Waals surface area (Å²) in [7, 11) is 0. The molecule has 0 radical (unpaired) electrons. The van der Waals surface area contributed by atoms with E-state index in [1.807, 2.05) is 19.9 Å². The summed E-state index contributed by atoms with van der Waals surface area (Å²) in [6.07, 6.45) is 0.219. The van der Waals surface area contributed by atoms with E-state index in [1.165, 1.54) is 4.90 Å². The molecule has 106 valence electrons. The molecule has 0 heterocycles. The van der Waals surface area contributed by atoms with Crippen LogP contribution in [0.25, 0.3) is 0 Å². The second-order valence-corrected chi connectivity index (χ2v) is 4.95. The molecular formula is C15H18N2O3. The number of benzene rings is 1. The van der Waals surface area contributed by atoms with Gasteiger partial charge in [0.2, 0.25) is 5.91 Å². The highest BCUT2D eigenvalue weighted by Gasteiger charge is 2.18. The van der Waals surface area contributed by atoms with Gasteiger partial charge in [-0.2, -0.15) is 5.26 Å². The Hall–Kier alpha value is -2.35. The quantitative estimate of drug-likeness (QED) is 0.863. The SMILES string of the molecule is CC(C)CC(=O)N(CCC(=O)O)c1cccc(C#N)c1. The minimum Gasteiger partial charge on any atom is -0.481 e. The van der Waals surface area contributed by atoms with Gasteiger partial charge in [0.25, 0.3) is 0 Å². The highest BCUT2D eigenvalue weighted by molar-refractivity contribution is 5.94. The van der Waals surface area contributed by atoms with Crippen LogP contribution in [-0.2, 0) is 9.59 Å². The predicted molar refractivity (Wildman–Crippen MR) is 75.2 cm³/mol. The van der Waals surface area contributed by atoms with E-state index in [-0.39, 0.29) is 24.8 Å². The van der Waals surface area contributed by atoms with Crippen molar-refractivity contribution in [2.45, 2.75) is 26.7 Å². The van der Waals surface area contributed by atoms with Crippen molar-refractivity contribution >= 4 is 17.6 Å². The van der Waals surface area contributed by atoms with Crippen LogP contribution in [0.5, 0.6) is 0 Å². The maximum Gasteiger partial charge on any atom is 0.305 e. The van der Waals surface area contributed by atoms with Crippen LogP contribution in [0.4, 0.5) is 5.69 Å². The summed E-state index contributed by atoms with van der Waals surface area (Å²) < 4.78 is 0. The number of carbonyl (C=O) groups excluding carboxylic acids is 1. The van der Waals surface area contributed by atoms with Crippen molar-refractivity contribution in [1.29, 1.82) is 5.26 Å². The molecule has 0 aromatic heterocycles. The van der Waals surface area contributed by atoms with Gasteiger partial charge in [0.05, 0.1) is 18.1 Å². The number of carbonyl (C=O) groups is 2. The van der Waals surface area contributed by atoms with Crippen LogP contribution in [0.2, 0.25) is 0 Å². The van der Waals surface area contributed by atoms with Gasteiger partial charge in [-0.25, -0.2) is 0 Å². The first-order chi connectivity index (χ1) is 9.43. The highest BCUT2D eigenvalue weighted by Crippen LogP contribution is 2.19. The van der Waals surface area contributed by atoms with Crippen molar-refractivity contribution in [2.75, 3.05) is 11.4 Å². The zero-order valence-electron chi connectivity index (χ0n) is 11.7. The Morgan fingerprint density at radius 3 is 2.65 bits per heavy atom. The van der Waals surface area contributed by atoms with Crippen molar-refractivity contribution in [1.82, 2.24) is 0 Å². The van der Waals surface area contributed by atoms with Crippen molar-refractivity contribution in [3.8, 4) is 6.07 Å². The fraction of sp³-hybridized carbons (Fsp3) is 0.400. The van der Waals surface area contributed by atoms with Gasteiger partial charge >= 0.3 is 5.97 Å². The maximum absolute atomic E-state index is 12.2. The number of carboxylic acid groups (broad SMARTS) is 1. The zero-order valence-corrected chi connectivity index (χ0v) is 11.7. The van der Waals surface area contributed by atoms with Gasteiger partial charge in [-0.3, -0.25) is 9.59 Å². The maximum atomic E-state index is 12.2. The average molecular weight is 274 g/mol. The second-order valence-electron chi connectivity index (χ2n) is 4.95. The number of nitriles is 1. The van der Waals surface area contributed by atoms with Crippen molar-refractivity contribution < 1.29 is 14.7 Å². The Morgan fingerprint density at radius 1 is 1.40 bits per heavy atom. The number of hydrogen-bond donors (Lipinski definition) is 1. The van der Waals surface area contributed by atoms with Crippen LogP contribution < -0.4 is 4.90 Å². The van der Waals surface area contributed by atoms with E-state index in [1.54, 1.807) is 24.3 Å². The van der Waals surface area contributed by atoms with E-state index in [9.17, 15) is 9.59 Å². The highest BCUT2D eigenvalue weighted by atomic mass is 16.4. The largest absolute Gasteiger partial charge is 0.481 e. The molecule has 0 saturated heterocycles. The number of carboxylic acids is 1. The van der Waals surface area contributed by atoms with Gasteiger partial charge in [-0.15, -0.1) is 0 Å². The summed E-state index contributed by atoms with van der Waals surface area (Å²) in [5.74, 6) is -0.894. The molecular weight excluding hydrogens is 256 g/mol. The molecule has 0 unspecified atom stereocenters. The van der Waals surface area contributed by atoms with E-state index in [0.717, 1.165) is 0 Å². The van der Waals surface area contributed by atoms with Gasteiger partial charge in [0.15, 0.2) is 0 Å². The molecule has 0 fully saturated rings. The Balaban J connectivity index is 2.99.